The molecule has 5 nitrogen and oxygen atoms in total. The number of hydrogen-bond acceptors (Lipinski definition) is 4. The van der Waals surface area contributed by atoms with Gasteiger partial charge in [0.1, 0.15) is 0 Å². The maximum atomic E-state index is 11.6. The van der Waals surface area contributed by atoms with Gasteiger partial charge in [0.15, 0.2) is 0 Å². The zero-order valence-corrected chi connectivity index (χ0v) is 18.6. The van der Waals surface area contributed by atoms with E-state index >= 15 is 0 Å². The molecule has 0 saturated heterocycles. The van der Waals surface area contributed by atoms with Crippen molar-refractivity contribution < 1.29 is 19.7 Å². The van der Waals surface area contributed by atoms with Crippen LogP contribution in [0.2, 0.25) is 0 Å². The summed E-state index contributed by atoms with van der Waals surface area (Å²) < 4.78 is 5.01. The molecule has 0 aromatic carbocycles. The first-order chi connectivity index (χ1) is 13.7. The number of aliphatic hydroxyl groups is 2. The van der Waals surface area contributed by atoms with Crippen LogP contribution in [0.25, 0.3) is 0 Å². The van der Waals surface area contributed by atoms with Crippen LogP contribution < -0.4 is 5.32 Å². The number of unbranched alkanes of at least 4 members (excludes halogenated alkanes) is 13. The summed E-state index contributed by atoms with van der Waals surface area (Å²) in [5, 5.41) is 22.1. The molecule has 0 rings (SSSR count). The van der Waals surface area contributed by atoms with Gasteiger partial charge in [-0.15, -0.1) is 0 Å². The SMILES string of the molecule is CCCCCCCCCCCCCCC[C@H](O)[C@H](CO)NC(=O)OCCCC. The first kappa shape index (κ1) is 27.2. The van der Waals surface area contributed by atoms with Gasteiger partial charge < -0.3 is 20.3 Å². The lowest BCUT2D eigenvalue weighted by Crippen LogP contribution is -2.46. The van der Waals surface area contributed by atoms with Gasteiger partial charge in [0, 0.05) is 0 Å². The fraction of sp³-hybridized carbons (Fsp3) is 0.957. The third kappa shape index (κ3) is 17.3. The third-order valence-electron chi connectivity index (χ3n) is 5.30. The first-order valence-corrected chi connectivity index (χ1v) is 11.9. The predicted octanol–water partition coefficient (Wildman–Crippen LogP) is 5.72. The van der Waals surface area contributed by atoms with E-state index in [0.29, 0.717) is 13.0 Å². The van der Waals surface area contributed by atoms with Crippen molar-refractivity contribution in [3.63, 3.8) is 0 Å². The molecule has 0 aliphatic carbocycles. The predicted molar refractivity (Wildman–Crippen MR) is 117 cm³/mol. The van der Waals surface area contributed by atoms with Gasteiger partial charge in [0.05, 0.1) is 25.4 Å². The minimum atomic E-state index is -0.726. The van der Waals surface area contributed by atoms with E-state index in [9.17, 15) is 15.0 Å². The van der Waals surface area contributed by atoms with Gasteiger partial charge in [-0.1, -0.05) is 104 Å². The Hall–Kier alpha value is -0.810. The summed E-state index contributed by atoms with van der Waals surface area (Å²) in [5.74, 6) is 0. The summed E-state index contributed by atoms with van der Waals surface area (Å²) in [6.45, 7) is 4.38. The Labute approximate surface area is 173 Å². The van der Waals surface area contributed by atoms with Crippen LogP contribution in [0.3, 0.4) is 0 Å². The number of hydrogen-bond donors (Lipinski definition) is 3. The lowest BCUT2D eigenvalue weighted by atomic mass is 10.0. The maximum Gasteiger partial charge on any atom is 0.407 e. The molecule has 0 aromatic rings. The molecule has 0 aliphatic rings. The summed E-state index contributed by atoms with van der Waals surface area (Å²) in [5.41, 5.74) is 0. The van der Waals surface area contributed by atoms with Crippen LogP contribution in [-0.2, 0) is 4.74 Å². The molecular formula is C23H47NO4. The molecule has 0 saturated carbocycles. The molecule has 0 fully saturated rings. The van der Waals surface area contributed by atoms with Gasteiger partial charge in [-0.2, -0.15) is 0 Å². The Bertz CT molecular complexity index is 339. The Kier molecular flexibility index (Phi) is 20.3. The Balaban J connectivity index is 3.53. The van der Waals surface area contributed by atoms with E-state index in [1.165, 1.54) is 70.6 Å². The van der Waals surface area contributed by atoms with Crippen molar-refractivity contribution in [2.75, 3.05) is 13.2 Å². The summed E-state index contributed by atoms with van der Waals surface area (Å²) >= 11 is 0. The highest BCUT2D eigenvalue weighted by Crippen LogP contribution is 2.14. The zero-order chi connectivity index (χ0) is 20.9. The lowest BCUT2D eigenvalue weighted by molar-refractivity contribution is 0.0713. The number of carbonyl (C=O) groups excluding carboxylic acids is 1. The van der Waals surface area contributed by atoms with Crippen LogP contribution in [0.5, 0.6) is 0 Å². The van der Waals surface area contributed by atoms with Crippen LogP contribution in [-0.4, -0.2) is 41.7 Å². The normalized spacial score (nSPS) is 13.3. The van der Waals surface area contributed by atoms with E-state index in [1.54, 1.807) is 0 Å². The van der Waals surface area contributed by atoms with Crippen molar-refractivity contribution >= 4 is 6.09 Å². The number of nitrogens with one attached hydrogen (secondary N) is 1. The molecule has 0 aliphatic heterocycles. The highest BCUT2D eigenvalue weighted by molar-refractivity contribution is 5.67. The van der Waals surface area contributed by atoms with Crippen molar-refractivity contribution in [1.29, 1.82) is 0 Å². The third-order valence-corrected chi connectivity index (χ3v) is 5.30. The molecule has 3 N–H and O–H groups in total. The number of carbonyl (C=O) groups is 1. The van der Waals surface area contributed by atoms with E-state index in [0.717, 1.165) is 25.7 Å². The first-order valence-electron chi connectivity index (χ1n) is 11.9. The fourth-order valence-electron chi connectivity index (χ4n) is 3.34. The van der Waals surface area contributed by atoms with Crippen molar-refractivity contribution in [1.82, 2.24) is 5.32 Å². The van der Waals surface area contributed by atoms with Gasteiger partial charge in [0.25, 0.3) is 0 Å². The van der Waals surface area contributed by atoms with Crippen molar-refractivity contribution in [3.8, 4) is 0 Å². The van der Waals surface area contributed by atoms with Gasteiger partial charge >= 0.3 is 6.09 Å². The molecule has 0 heterocycles. The molecule has 0 aromatic heterocycles. The number of rotatable bonds is 20. The van der Waals surface area contributed by atoms with Crippen molar-refractivity contribution in [2.45, 2.75) is 129 Å². The van der Waals surface area contributed by atoms with Crippen LogP contribution in [0.1, 0.15) is 117 Å². The maximum absolute atomic E-state index is 11.6. The smallest absolute Gasteiger partial charge is 0.407 e. The monoisotopic (exact) mass is 401 g/mol. The Morgan fingerprint density at radius 3 is 1.71 bits per heavy atom. The molecule has 168 valence electrons. The van der Waals surface area contributed by atoms with E-state index in [1.807, 2.05) is 6.92 Å². The molecule has 5 heteroatoms. The van der Waals surface area contributed by atoms with E-state index in [2.05, 4.69) is 12.2 Å². The molecular weight excluding hydrogens is 354 g/mol. The van der Waals surface area contributed by atoms with Crippen molar-refractivity contribution in [3.05, 3.63) is 0 Å². The molecule has 0 spiro atoms. The second kappa shape index (κ2) is 20.9. The van der Waals surface area contributed by atoms with Crippen LogP contribution >= 0.6 is 0 Å². The topological polar surface area (TPSA) is 78.8 Å². The van der Waals surface area contributed by atoms with Crippen LogP contribution in [0, 0.1) is 0 Å². The largest absolute Gasteiger partial charge is 0.450 e. The van der Waals surface area contributed by atoms with Gasteiger partial charge in [-0.25, -0.2) is 4.79 Å². The summed E-state index contributed by atoms with van der Waals surface area (Å²) in [4.78, 5) is 11.6. The summed E-state index contributed by atoms with van der Waals surface area (Å²) in [6.07, 6.45) is 17.8. The molecule has 1 amide bonds. The molecule has 0 bridgehead atoms. The van der Waals surface area contributed by atoms with Gasteiger partial charge in [-0.3, -0.25) is 0 Å². The van der Waals surface area contributed by atoms with E-state index in [4.69, 9.17) is 4.74 Å². The van der Waals surface area contributed by atoms with Gasteiger partial charge in [0.2, 0.25) is 0 Å². The average molecular weight is 402 g/mol. The highest BCUT2D eigenvalue weighted by atomic mass is 16.5. The van der Waals surface area contributed by atoms with E-state index in [-0.39, 0.29) is 6.61 Å². The number of alkyl carbamates (subject to hydrolysis) is 1. The van der Waals surface area contributed by atoms with Crippen molar-refractivity contribution in [2.24, 2.45) is 0 Å². The Morgan fingerprint density at radius 1 is 0.786 bits per heavy atom. The van der Waals surface area contributed by atoms with Crippen LogP contribution in [0.15, 0.2) is 0 Å². The number of aliphatic hydroxyl groups excluding tert-OH is 2. The molecule has 0 radical (unpaired) electrons. The van der Waals surface area contributed by atoms with Gasteiger partial charge in [-0.05, 0) is 12.8 Å². The average Bonchev–Trinajstić information content (AvgIpc) is 2.69. The quantitative estimate of drug-likeness (QED) is 0.228. The van der Waals surface area contributed by atoms with E-state index < -0.39 is 18.2 Å². The molecule has 0 unspecified atom stereocenters. The highest BCUT2D eigenvalue weighted by Gasteiger charge is 2.20. The zero-order valence-electron chi connectivity index (χ0n) is 18.6. The second-order valence-electron chi connectivity index (χ2n) is 8.02. The minimum Gasteiger partial charge on any atom is -0.450 e. The minimum absolute atomic E-state index is 0.275. The second-order valence-corrected chi connectivity index (χ2v) is 8.02. The summed E-state index contributed by atoms with van der Waals surface area (Å²) in [7, 11) is 0. The number of amides is 1. The standard InChI is InChI=1S/C23H47NO4/c1-3-5-7-8-9-10-11-12-13-14-15-16-17-18-22(26)21(20-25)24-23(27)28-19-6-4-2/h21-22,25-26H,3-20H2,1-2H3,(H,24,27)/t21-,22-/m0/s1. The lowest BCUT2D eigenvalue weighted by Gasteiger charge is -2.22. The number of ether oxygens (including phenoxy) is 1. The molecule has 28 heavy (non-hydrogen) atoms. The van der Waals surface area contributed by atoms with Crippen LogP contribution in [0.4, 0.5) is 4.79 Å². The fourth-order valence-corrected chi connectivity index (χ4v) is 3.34. The summed E-state index contributed by atoms with van der Waals surface area (Å²) in [6, 6.07) is -0.647. The Morgan fingerprint density at radius 2 is 1.25 bits per heavy atom. The molecule has 2 atom stereocenters.